The molecule has 4 N–H and O–H groups in total. The number of benzene rings is 2. The molecule has 1 aliphatic heterocycles. The van der Waals surface area contributed by atoms with Crippen LogP contribution in [0.15, 0.2) is 60.1 Å². The molecule has 0 radical (unpaired) electrons. The number of anilines is 3. The van der Waals surface area contributed by atoms with E-state index in [1.807, 2.05) is 30.3 Å². The molecule has 5 rings (SSSR count). The Bertz CT molecular complexity index is 1220. The van der Waals surface area contributed by atoms with E-state index in [2.05, 4.69) is 21.0 Å². The van der Waals surface area contributed by atoms with Gasteiger partial charge in [0.05, 0.1) is 0 Å². The summed E-state index contributed by atoms with van der Waals surface area (Å²) in [6.07, 6.45) is 1.71. The third kappa shape index (κ3) is 3.30. The fraction of sp³-hybridized carbons (Fsp3) is 0.0476. The number of amides is 2. The van der Waals surface area contributed by atoms with Crippen molar-refractivity contribution in [2.75, 3.05) is 23.2 Å². The van der Waals surface area contributed by atoms with Crippen LogP contribution in [0.4, 0.5) is 22.0 Å². The van der Waals surface area contributed by atoms with Crippen molar-refractivity contribution >= 4 is 44.6 Å². The number of hydrogen-bond acceptors (Lipinski definition) is 6. The summed E-state index contributed by atoms with van der Waals surface area (Å²) in [4.78, 5) is 16.5. The molecule has 1 aliphatic rings. The second-order valence-electron chi connectivity index (χ2n) is 6.44. The Hall–Kier alpha value is -3.78. The molecule has 0 bridgehead atoms. The molecule has 0 spiro atoms. The Kier molecular flexibility index (Phi) is 4.18. The number of nitrogens with two attached hydrogens (primary N) is 1. The Morgan fingerprint density at radius 2 is 1.76 bits per heavy atom. The first-order valence-corrected chi connectivity index (χ1v) is 9.75. The van der Waals surface area contributed by atoms with Crippen molar-refractivity contribution in [3.63, 3.8) is 0 Å². The van der Waals surface area contributed by atoms with E-state index in [4.69, 9.17) is 15.2 Å². The molecule has 0 saturated heterocycles. The van der Waals surface area contributed by atoms with Gasteiger partial charge < -0.3 is 25.8 Å². The highest BCUT2D eigenvalue weighted by Crippen LogP contribution is 2.37. The van der Waals surface area contributed by atoms with E-state index >= 15 is 0 Å². The van der Waals surface area contributed by atoms with Crippen LogP contribution in [0, 0.1) is 0 Å². The first kappa shape index (κ1) is 17.3. The summed E-state index contributed by atoms with van der Waals surface area (Å²) in [5.41, 5.74) is 9.40. The first-order valence-electron chi connectivity index (χ1n) is 8.87. The number of aromatic nitrogens is 1. The summed E-state index contributed by atoms with van der Waals surface area (Å²) in [6, 6.07) is 14.5. The maximum absolute atomic E-state index is 12.3. The molecular formula is C21H16N4O3S. The molecule has 2 amide bonds. The number of rotatable bonds is 3. The number of thiophene rings is 1. The summed E-state index contributed by atoms with van der Waals surface area (Å²) in [5, 5.41) is 8.63. The van der Waals surface area contributed by atoms with Gasteiger partial charge in [0.1, 0.15) is 5.82 Å². The van der Waals surface area contributed by atoms with Crippen molar-refractivity contribution in [2.24, 2.45) is 0 Å². The molecule has 0 aliphatic carbocycles. The fourth-order valence-electron chi connectivity index (χ4n) is 3.22. The first-order chi connectivity index (χ1) is 14.2. The number of hydrogen-bond donors (Lipinski definition) is 3. The normalized spacial score (nSPS) is 12.1. The third-order valence-electron chi connectivity index (χ3n) is 4.60. The van der Waals surface area contributed by atoms with Crippen LogP contribution >= 0.6 is 11.3 Å². The number of carbonyl (C=O) groups is 1. The van der Waals surface area contributed by atoms with E-state index in [0.717, 1.165) is 21.2 Å². The number of nitrogens with zero attached hydrogens (tertiary/aromatic N) is 1. The van der Waals surface area contributed by atoms with E-state index in [1.165, 1.54) is 0 Å². The quantitative estimate of drug-likeness (QED) is 0.450. The zero-order valence-electron chi connectivity index (χ0n) is 15.1. The van der Waals surface area contributed by atoms with Gasteiger partial charge >= 0.3 is 6.03 Å². The molecule has 4 aromatic rings. The van der Waals surface area contributed by atoms with Crippen molar-refractivity contribution < 1.29 is 14.3 Å². The van der Waals surface area contributed by atoms with E-state index in [1.54, 1.807) is 35.7 Å². The van der Waals surface area contributed by atoms with Crippen molar-refractivity contribution in [3.05, 3.63) is 60.1 Å². The maximum atomic E-state index is 12.3. The molecule has 7 nitrogen and oxygen atoms in total. The van der Waals surface area contributed by atoms with Crippen LogP contribution in [0.2, 0.25) is 0 Å². The van der Waals surface area contributed by atoms with Gasteiger partial charge in [-0.1, -0.05) is 12.1 Å². The van der Waals surface area contributed by atoms with Crippen LogP contribution in [-0.2, 0) is 0 Å². The summed E-state index contributed by atoms with van der Waals surface area (Å²) < 4.78 is 11.7. The molecular weight excluding hydrogens is 388 g/mol. The lowest BCUT2D eigenvalue weighted by molar-refractivity contribution is 0.174. The van der Waals surface area contributed by atoms with Gasteiger partial charge in [0.25, 0.3) is 0 Å². The van der Waals surface area contributed by atoms with Gasteiger partial charge in [0, 0.05) is 39.3 Å². The standard InChI is InChI=1S/C21H16N4O3S/c22-20-19-15(10-29-18(19)7-8-23-20)12-1-3-13(4-2-12)24-21(26)25-14-5-6-16-17(9-14)28-11-27-16/h1-10H,11H2,(H2,22,23)(H2,24,25,26). The van der Waals surface area contributed by atoms with Crippen molar-refractivity contribution in [1.82, 2.24) is 4.98 Å². The van der Waals surface area contributed by atoms with Crippen molar-refractivity contribution in [1.29, 1.82) is 0 Å². The van der Waals surface area contributed by atoms with E-state index in [-0.39, 0.29) is 12.8 Å². The number of urea groups is 1. The van der Waals surface area contributed by atoms with E-state index < -0.39 is 0 Å². The molecule has 8 heteroatoms. The van der Waals surface area contributed by atoms with Gasteiger partial charge in [0.2, 0.25) is 6.79 Å². The van der Waals surface area contributed by atoms with Crippen LogP contribution in [0.1, 0.15) is 0 Å². The minimum atomic E-state index is -0.342. The number of ether oxygens (including phenoxy) is 2. The zero-order chi connectivity index (χ0) is 19.8. The summed E-state index contributed by atoms with van der Waals surface area (Å²) >= 11 is 1.63. The van der Waals surface area contributed by atoms with Crippen LogP contribution in [-0.4, -0.2) is 17.8 Å². The lowest BCUT2D eigenvalue weighted by Crippen LogP contribution is -2.19. The van der Waals surface area contributed by atoms with Gasteiger partial charge in [-0.25, -0.2) is 9.78 Å². The largest absolute Gasteiger partial charge is 0.454 e. The Balaban J connectivity index is 1.31. The predicted molar refractivity (Wildman–Crippen MR) is 115 cm³/mol. The topological polar surface area (TPSA) is 98.5 Å². The van der Waals surface area contributed by atoms with Crippen molar-refractivity contribution in [3.8, 4) is 22.6 Å². The van der Waals surface area contributed by atoms with Gasteiger partial charge in [-0.3, -0.25) is 0 Å². The third-order valence-corrected chi connectivity index (χ3v) is 5.55. The zero-order valence-corrected chi connectivity index (χ0v) is 16.0. The van der Waals surface area contributed by atoms with Gasteiger partial charge in [-0.15, -0.1) is 11.3 Å². The van der Waals surface area contributed by atoms with Crippen LogP contribution < -0.4 is 25.8 Å². The second kappa shape index (κ2) is 6.99. The lowest BCUT2D eigenvalue weighted by atomic mass is 10.1. The highest BCUT2D eigenvalue weighted by atomic mass is 32.1. The highest BCUT2D eigenvalue weighted by molar-refractivity contribution is 7.17. The molecule has 0 atom stereocenters. The minimum Gasteiger partial charge on any atom is -0.454 e. The monoisotopic (exact) mass is 404 g/mol. The number of pyridine rings is 1. The Morgan fingerprint density at radius 1 is 1.00 bits per heavy atom. The molecule has 0 unspecified atom stereocenters. The average molecular weight is 404 g/mol. The number of nitrogens with one attached hydrogen (secondary N) is 2. The van der Waals surface area contributed by atoms with Gasteiger partial charge in [-0.2, -0.15) is 0 Å². The summed E-state index contributed by atoms with van der Waals surface area (Å²) in [7, 11) is 0. The summed E-state index contributed by atoms with van der Waals surface area (Å²) in [5.74, 6) is 1.80. The van der Waals surface area contributed by atoms with Crippen molar-refractivity contribution in [2.45, 2.75) is 0 Å². The number of carbonyl (C=O) groups excluding carboxylic acids is 1. The smallest absolute Gasteiger partial charge is 0.323 e. The number of fused-ring (bicyclic) bond motifs is 2. The second-order valence-corrected chi connectivity index (χ2v) is 7.35. The van der Waals surface area contributed by atoms with Gasteiger partial charge in [0.15, 0.2) is 11.5 Å². The molecule has 0 fully saturated rings. The maximum Gasteiger partial charge on any atom is 0.323 e. The van der Waals surface area contributed by atoms with Crippen LogP contribution in [0.3, 0.4) is 0 Å². The molecule has 3 heterocycles. The number of nitrogen functional groups attached to an aromatic ring is 1. The van der Waals surface area contributed by atoms with Crippen LogP contribution in [0.25, 0.3) is 21.2 Å². The highest BCUT2D eigenvalue weighted by Gasteiger charge is 2.14. The fourth-order valence-corrected chi connectivity index (χ4v) is 4.19. The van der Waals surface area contributed by atoms with E-state index in [9.17, 15) is 4.79 Å². The Morgan fingerprint density at radius 3 is 2.62 bits per heavy atom. The Labute approximate surface area is 170 Å². The van der Waals surface area contributed by atoms with Crippen LogP contribution in [0.5, 0.6) is 11.5 Å². The minimum absolute atomic E-state index is 0.193. The molecule has 144 valence electrons. The van der Waals surface area contributed by atoms with Gasteiger partial charge in [-0.05, 0) is 41.3 Å². The van der Waals surface area contributed by atoms with E-state index in [0.29, 0.717) is 28.7 Å². The summed E-state index contributed by atoms with van der Waals surface area (Å²) in [6.45, 7) is 0.193. The molecule has 0 saturated carbocycles. The molecule has 2 aromatic carbocycles. The average Bonchev–Trinajstić information content (AvgIpc) is 3.36. The lowest BCUT2D eigenvalue weighted by Gasteiger charge is -2.09. The molecule has 29 heavy (non-hydrogen) atoms. The SMILES string of the molecule is Nc1nccc2scc(-c3ccc(NC(=O)Nc4ccc5c(c4)OCO5)cc3)c12. The molecule has 2 aromatic heterocycles. The predicted octanol–water partition coefficient (Wildman–Crippen LogP) is 4.92.